The smallest absolute Gasteiger partial charge is 0.387 e. The van der Waals surface area contributed by atoms with E-state index in [1.54, 1.807) is 31.2 Å². The topological polar surface area (TPSA) is 97.0 Å². The Bertz CT molecular complexity index is 1320. The number of hydrogen-bond acceptors (Lipinski definition) is 6. The summed E-state index contributed by atoms with van der Waals surface area (Å²) in [4.78, 5) is 31.0. The number of halogens is 2. The van der Waals surface area contributed by atoms with E-state index in [1.165, 1.54) is 28.8 Å². The van der Waals surface area contributed by atoms with Crippen LogP contribution in [0.15, 0.2) is 58.5 Å². The molecule has 1 N–H and O–H groups in total. The SMILES string of the molecule is CC(Sc1nc2ccccc2c(=O)n1-c1ccc(OC(F)F)cc1)C(=O)NC1(C#N)CCCCC1. The van der Waals surface area contributed by atoms with Gasteiger partial charge in [0.25, 0.3) is 5.56 Å². The molecule has 0 aliphatic heterocycles. The summed E-state index contributed by atoms with van der Waals surface area (Å²) < 4.78 is 30.8. The molecule has 1 aliphatic rings. The zero-order valence-corrected chi connectivity index (χ0v) is 19.9. The van der Waals surface area contributed by atoms with Gasteiger partial charge in [-0.3, -0.25) is 14.2 Å². The molecule has 1 fully saturated rings. The summed E-state index contributed by atoms with van der Waals surface area (Å²) in [6.45, 7) is -1.27. The van der Waals surface area contributed by atoms with Crippen molar-refractivity contribution in [3.8, 4) is 17.5 Å². The van der Waals surface area contributed by atoms with Gasteiger partial charge in [-0.15, -0.1) is 0 Å². The Kier molecular flexibility index (Phi) is 7.36. The summed E-state index contributed by atoms with van der Waals surface area (Å²) in [7, 11) is 0. The first-order valence-corrected chi connectivity index (χ1v) is 12.2. The second-order valence-electron chi connectivity index (χ2n) is 8.43. The zero-order chi connectivity index (χ0) is 25.0. The number of ether oxygens (including phenoxy) is 1. The average Bonchev–Trinajstić information content (AvgIpc) is 2.85. The van der Waals surface area contributed by atoms with Crippen molar-refractivity contribution in [2.24, 2.45) is 0 Å². The van der Waals surface area contributed by atoms with Crippen LogP contribution in [0.5, 0.6) is 5.75 Å². The third-order valence-electron chi connectivity index (χ3n) is 6.00. The third-order valence-corrected chi connectivity index (χ3v) is 7.05. The molecular formula is C25H24F2N4O3S. The van der Waals surface area contributed by atoms with Gasteiger partial charge in [0.2, 0.25) is 5.91 Å². The highest BCUT2D eigenvalue weighted by atomic mass is 32.2. The number of nitriles is 1. The van der Waals surface area contributed by atoms with E-state index in [9.17, 15) is 23.6 Å². The van der Waals surface area contributed by atoms with Crippen LogP contribution in [-0.2, 0) is 4.79 Å². The maximum Gasteiger partial charge on any atom is 0.387 e. The Morgan fingerprint density at radius 2 is 1.86 bits per heavy atom. The molecule has 0 spiro atoms. The minimum atomic E-state index is -2.96. The standard InChI is InChI=1S/C25H24F2N4O3S/c1-16(21(32)30-25(15-28)13-5-2-6-14-25)35-24-29-20-8-4-3-7-19(20)22(33)31(24)17-9-11-18(12-10-17)34-23(26)27/h3-4,7-12,16,23H,2,5-6,13-14H2,1H3,(H,30,32). The summed E-state index contributed by atoms with van der Waals surface area (Å²) in [6, 6.07) is 14.8. The average molecular weight is 499 g/mol. The highest BCUT2D eigenvalue weighted by molar-refractivity contribution is 8.00. The van der Waals surface area contributed by atoms with Crippen molar-refractivity contribution in [1.82, 2.24) is 14.9 Å². The van der Waals surface area contributed by atoms with Crippen molar-refractivity contribution in [1.29, 1.82) is 5.26 Å². The molecule has 3 aromatic rings. The van der Waals surface area contributed by atoms with Gasteiger partial charge in [-0.05, 0) is 56.2 Å². The van der Waals surface area contributed by atoms with Crippen molar-refractivity contribution >= 4 is 28.6 Å². The Hall–Kier alpha value is -3.45. The lowest BCUT2D eigenvalue weighted by molar-refractivity contribution is -0.122. The van der Waals surface area contributed by atoms with E-state index in [4.69, 9.17) is 0 Å². The number of carbonyl (C=O) groups excluding carboxylic acids is 1. The summed E-state index contributed by atoms with van der Waals surface area (Å²) >= 11 is 1.09. The Balaban J connectivity index is 1.68. The second kappa shape index (κ2) is 10.4. The minimum absolute atomic E-state index is 0.0400. The maximum absolute atomic E-state index is 13.4. The van der Waals surface area contributed by atoms with Crippen LogP contribution in [-0.4, -0.2) is 32.9 Å². The van der Waals surface area contributed by atoms with E-state index in [0.717, 1.165) is 31.0 Å². The molecule has 1 aromatic heterocycles. The number of para-hydroxylation sites is 1. The molecule has 0 radical (unpaired) electrons. The van der Waals surface area contributed by atoms with Gasteiger partial charge in [0.05, 0.1) is 27.9 Å². The van der Waals surface area contributed by atoms with Crippen LogP contribution in [0.25, 0.3) is 16.6 Å². The van der Waals surface area contributed by atoms with E-state index in [2.05, 4.69) is 21.1 Å². The van der Waals surface area contributed by atoms with E-state index < -0.39 is 17.4 Å². The quantitative estimate of drug-likeness (QED) is 0.371. The van der Waals surface area contributed by atoms with E-state index >= 15 is 0 Å². The number of alkyl halides is 2. The van der Waals surface area contributed by atoms with Crippen LogP contribution in [0, 0.1) is 11.3 Å². The molecule has 1 saturated carbocycles. The molecule has 35 heavy (non-hydrogen) atoms. The van der Waals surface area contributed by atoms with Crippen LogP contribution in [0.3, 0.4) is 0 Å². The first-order chi connectivity index (χ1) is 16.8. The fourth-order valence-corrected chi connectivity index (χ4v) is 5.09. The largest absolute Gasteiger partial charge is 0.435 e. The van der Waals surface area contributed by atoms with Gasteiger partial charge in [0, 0.05) is 0 Å². The van der Waals surface area contributed by atoms with Gasteiger partial charge in [0.15, 0.2) is 5.16 Å². The molecular weight excluding hydrogens is 474 g/mol. The summed E-state index contributed by atoms with van der Waals surface area (Å²) in [5.41, 5.74) is -0.358. The molecule has 0 bridgehead atoms. The Morgan fingerprint density at radius 1 is 1.17 bits per heavy atom. The molecule has 0 saturated heterocycles. The molecule has 1 amide bonds. The molecule has 1 unspecified atom stereocenters. The lowest BCUT2D eigenvalue weighted by atomic mass is 9.83. The molecule has 10 heteroatoms. The van der Waals surface area contributed by atoms with E-state index in [-0.39, 0.29) is 22.4 Å². The number of rotatable bonds is 7. The van der Waals surface area contributed by atoms with Gasteiger partial charge in [-0.2, -0.15) is 14.0 Å². The van der Waals surface area contributed by atoms with E-state index in [1.807, 2.05) is 0 Å². The number of benzene rings is 2. The zero-order valence-electron chi connectivity index (χ0n) is 19.0. The highest BCUT2D eigenvalue weighted by Crippen LogP contribution is 2.30. The number of nitrogens with zero attached hydrogens (tertiary/aromatic N) is 3. The predicted molar refractivity (Wildman–Crippen MR) is 129 cm³/mol. The molecule has 2 aromatic carbocycles. The summed E-state index contributed by atoms with van der Waals surface area (Å²) in [5.74, 6) is -0.352. The molecule has 1 heterocycles. The van der Waals surface area contributed by atoms with Crippen LogP contribution >= 0.6 is 11.8 Å². The first kappa shape index (κ1) is 24.7. The van der Waals surface area contributed by atoms with Crippen molar-refractivity contribution < 1.29 is 18.3 Å². The number of carbonyl (C=O) groups is 1. The number of thioether (sulfide) groups is 1. The Morgan fingerprint density at radius 3 is 2.51 bits per heavy atom. The van der Waals surface area contributed by atoms with Crippen molar-refractivity contribution in [2.45, 2.75) is 61.6 Å². The van der Waals surface area contributed by atoms with Gasteiger partial charge < -0.3 is 10.1 Å². The van der Waals surface area contributed by atoms with Crippen molar-refractivity contribution in [3.63, 3.8) is 0 Å². The molecule has 4 rings (SSSR count). The lowest BCUT2D eigenvalue weighted by Gasteiger charge is -2.32. The normalized spacial score (nSPS) is 16.0. The molecule has 182 valence electrons. The van der Waals surface area contributed by atoms with Crippen LogP contribution in [0.1, 0.15) is 39.0 Å². The number of fused-ring (bicyclic) bond motifs is 1. The third kappa shape index (κ3) is 5.46. The predicted octanol–water partition coefficient (Wildman–Crippen LogP) is 4.81. The van der Waals surface area contributed by atoms with Crippen molar-refractivity contribution in [3.05, 3.63) is 58.9 Å². The molecule has 7 nitrogen and oxygen atoms in total. The molecule has 1 atom stereocenters. The van der Waals surface area contributed by atoms with Crippen LogP contribution < -0.4 is 15.6 Å². The Labute approximate surface area is 205 Å². The van der Waals surface area contributed by atoms with Gasteiger partial charge in [-0.25, -0.2) is 4.98 Å². The fourth-order valence-electron chi connectivity index (χ4n) is 4.16. The fraction of sp³-hybridized carbons (Fsp3) is 0.360. The monoisotopic (exact) mass is 498 g/mol. The van der Waals surface area contributed by atoms with E-state index in [0.29, 0.717) is 29.4 Å². The second-order valence-corrected chi connectivity index (χ2v) is 9.74. The maximum atomic E-state index is 13.4. The number of hydrogen-bond donors (Lipinski definition) is 1. The van der Waals surface area contributed by atoms with Gasteiger partial charge in [-0.1, -0.05) is 43.2 Å². The highest BCUT2D eigenvalue weighted by Gasteiger charge is 2.35. The van der Waals surface area contributed by atoms with Crippen molar-refractivity contribution in [2.75, 3.05) is 0 Å². The number of amides is 1. The summed E-state index contributed by atoms with van der Waals surface area (Å²) in [5, 5.41) is 12.6. The van der Waals surface area contributed by atoms with Crippen LogP contribution in [0.4, 0.5) is 8.78 Å². The summed E-state index contributed by atoms with van der Waals surface area (Å²) in [6.07, 6.45) is 4.02. The van der Waals surface area contributed by atoms with Gasteiger partial charge >= 0.3 is 6.61 Å². The number of aromatic nitrogens is 2. The van der Waals surface area contributed by atoms with Crippen LogP contribution in [0.2, 0.25) is 0 Å². The lowest BCUT2D eigenvalue weighted by Crippen LogP contribution is -2.51. The first-order valence-electron chi connectivity index (χ1n) is 11.3. The number of nitrogens with one attached hydrogen (secondary N) is 1. The van der Waals surface area contributed by atoms with Gasteiger partial charge in [0.1, 0.15) is 11.3 Å². The minimum Gasteiger partial charge on any atom is -0.435 e. The molecule has 1 aliphatic carbocycles.